The maximum Gasteiger partial charge on any atom is 0.194 e. The van der Waals surface area contributed by atoms with E-state index >= 15 is 0 Å². The smallest absolute Gasteiger partial charge is 0.194 e. The summed E-state index contributed by atoms with van der Waals surface area (Å²) >= 11 is 1.70. The highest BCUT2D eigenvalue weighted by molar-refractivity contribution is 14.0. The molecule has 1 aliphatic rings. The molecule has 1 aromatic carbocycles. The average Bonchev–Trinajstić information content (AvgIpc) is 3.28. The minimum absolute atomic E-state index is 0. The first-order chi connectivity index (χ1) is 13.2. The van der Waals surface area contributed by atoms with Crippen LogP contribution < -0.4 is 5.32 Å². The predicted molar refractivity (Wildman–Crippen MR) is 130 cm³/mol. The molecule has 154 valence electrons. The van der Waals surface area contributed by atoms with Crippen molar-refractivity contribution in [3.8, 4) is 0 Å². The number of thiazole rings is 1. The molecular weight excluding hydrogens is 481 g/mol. The molecule has 0 aliphatic carbocycles. The Morgan fingerprint density at radius 1 is 1.36 bits per heavy atom. The van der Waals surface area contributed by atoms with E-state index in [9.17, 15) is 0 Å². The number of benzene rings is 1. The Kier molecular flexibility index (Phi) is 9.67. The standard InChI is InChI=1S/C21H31N5S.HI/c1-4-22-21(25(3)15-19-16-27-17(2)24-19)23-13-20-11-8-12-26(20)14-18-9-6-5-7-10-18;/h5-7,9-10,16,20H,4,8,11-15H2,1-3H3,(H,22,23);1H. The molecule has 0 amide bonds. The zero-order chi connectivity index (χ0) is 19.1. The highest BCUT2D eigenvalue weighted by Crippen LogP contribution is 2.20. The molecule has 7 heteroatoms. The van der Waals surface area contributed by atoms with Gasteiger partial charge in [0.05, 0.1) is 23.8 Å². The van der Waals surface area contributed by atoms with Crippen molar-refractivity contribution in [1.29, 1.82) is 0 Å². The van der Waals surface area contributed by atoms with E-state index in [-0.39, 0.29) is 24.0 Å². The monoisotopic (exact) mass is 513 g/mol. The first-order valence-corrected chi connectivity index (χ1v) is 10.7. The van der Waals surface area contributed by atoms with Gasteiger partial charge in [-0.05, 0) is 38.8 Å². The lowest BCUT2D eigenvalue weighted by Gasteiger charge is -2.25. The van der Waals surface area contributed by atoms with E-state index in [4.69, 9.17) is 4.99 Å². The van der Waals surface area contributed by atoms with Gasteiger partial charge in [0.15, 0.2) is 5.96 Å². The average molecular weight is 513 g/mol. The minimum atomic E-state index is 0. The molecule has 1 aliphatic heterocycles. The van der Waals surface area contributed by atoms with E-state index in [0.717, 1.165) is 42.8 Å². The number of halogens is 1. The van der Waals surface area contributed by atoms with E-state index in [0.29, 0.717) is 6.04 Å². The zero-order valence-corrected chi connectivity index (χ0v) is 20.2. The number of guanidine groups is 1. The molecule has 1 fully saturated rings. The highest BCUT2D eigenvalue weighted by Gasteiger charge is 2.24. The summed E-state index contributed by atoms with van der Waals surface area (Å²) in [5.41, 5.74) is 2.49. The quantitative estimate of drug-likeness (QED) is 0.344. The summed E-state index contributed by atoms with van der Waals surface area (Å²) in [5.74, 6) is 0.967. The molecule has 2 aromatic rings. The molecule has 1 N–H and O–H groups in total. The number of aliphatic imine (C=N–C) groups is 1. The number of aryl methyl sites for hydroxylation is 1. The van der Waals surface area contributed by atoms with Gasteiger partial charge in [0.1, 0.15) is 0 Å². The van der Waals surface area contributed by atoms with Crippen molar-refractivity contribution in [1.82, 2.24) is 20.1 Å². The third-order valence-corrected chi connectivity index (χ3v) is 5.76. The molecule has 1 aromatic heterocycles. The maximum atomic E-state index is 4.96. The van der Waals surface area contributed by atoms with Crippen molar-refractivity contribution in [2.24, 2.45) is 4.99 Å². The Balaban J connectivity index is 0.00000280. The van der Waals surface area contributed by atoms with Gasteiger partial charge >= 0.3 is 0 Å². The van der Waals surface area contributed by atoms with E-state index in [1.807, 2.05) is 0 Å². The van der Waals surface area contributed by atoms with Gasteiger partial charge in [0.25, 0.3) is 0 Å². The van der Waals surface area contributed by atoms with Crippen LogP contribution in [-0.4, -0.2) is 53.5 Å². The molecular formula is C21H32IN5S. The van der Waals surface area contributed by atoms with Crippen LogP contribution in [0.1, 0.15) is 36.0 Å². The lowest BCUT2D eigenvalue weighted by atomic mass is 10.2. The number of rotatable bonds is 7. The Bertz CT molecular complexity index is 733. The van der Waals surface area contributed by atoms with Crippen molar-refractivity contribution in [3.05, 3.63) is 52.0 Å². The van der Waals surface area contributed by atoms with Crippen LogP contribution in [0.4, 0.5) is 0 Å². The van der Waals surface area contributed by atoms with Crippen molar-refractivity contribution in [3.63, 3.8) is 0 Å². The van der Waals surface area contributed by atoms with Crippen LogP contribution in [-0.2, 0) is 13.1 Å². The van der Waals surface area contributed by atoms with Crippen molar-refractivity contribution >= 4 is 41.3 Å². The maximum absolute atomic E-state index is 4.96. The van der Waals surface area contributed by atoms with Gasteiger partial charge in [-0.2, -0.15) is 0 Å². The SMILES string of the molecule is CCNC(=NCC1CCCN1Cc1ccccc1)N(C)Cc1csc(C)n1.I. The van der Waals surface area contributed by atoms with E-state index < -0.39 is 0 Å². The molecule has 0 radical (unpaired) electrons. The first-order valence-electron chi connectivity index (χ1n) is 9.84. The Morgan fingerprint density at radius 3 is 2.82 bits per heavy atom. The Labute approximate surface area is 190 Å². The topological polar surface area (TPSA) is 43.8 Å². The largest absolute Gasteiger partial charge is 0.357 e. The van der Waals surface area contributed by atoms with E-state index in [2.05, 4.69) is 76.7 Å². The molecule has 1 saturated heterocycles. The number of nitrogens with zero attached hydrogens (tertiary/aromatic N) is 4. The summed E-state index contributed by atoms with van der Waals surface area (Å²) in [6.07, 6.45) is 2.49. The lowest BCUT2D eigenvalue weighted by Crippen LogP contribution is -2.40. The van der Waals surface area contributed by atoms with Gasteiger partial charge in [-0.25, -0.2) is 4.98 Å². The van der Waals surface area contributed by atoms with Gasteiger partial charge in [0.2, 0.25) is 0 Å². The fourth-order valence-electron chi connectivity index (χ4n) is 3.59. The fourth-order valence-corrected chi connectivity index (χ4v) is 4.19. The van der Waals surface area contributed by atoms with Crippen LogP contribution in [0.25, 0.3) is 0 Å². The van der Waals surface area contributed by atoms with Crippen molar-refractivity contribution in [2.75, 3.05) is 26.7 Å². The van der Waals surface area contributed by atoms with Gasteiger partial charge in [0, 0.05) is 31.6 Å². The molecule has 5 nitrogen and oxygen atoms in total. The predicted octanol–water partition coefficient (Wildman–Crippen LogP) is 4.13. The van der Waals surface area contributed by atoms with Crippen LogP contribution in [0, 0.1) is 6.92 Å². The number of hydrogen-bond acceptors (Lipinski definition) is 4. The van der Waals surface area contributed by atoms with Crippen molar-refractivity contribution < 1.29 is 0 Å². The third-order valence-electron chi connectivity index (χ3n) is 4.94. The number of aromatic nitrogens is 1. The summed E-state index contributed by atoms with van der Waals surface area (Å²) < 4.78 is 0. The molecule has 0 spiro atoms. The van der Waals surface area contributed by atoms with E-state index in [1.54, 1.807) is 11.3 Å². The molecule has 3 rings (SSSR count). The van der Waals surface area contributed by atoms with Crippen LogP contribution in [0.3, 0.4) is 0 Å². The summed E-state index contributed by atoms with van der Waals surface area (Å²) in [7, 11) is 2.09. The van der Waals surface area contributed by atoms with Crippen LogP contribution in [0.5, 0.6) is 0 Å². The molecule has 0 saturated carbocycles. The van der Waals surface area contributed by atoms with Gasteiger partial charge in [-0.3, -0.25) is 9.89 Å². The summed E-state index contributed by atoms with van der Waals surface area (Å²) in [6, 6.07) is 11.3. The second-order valence-electron chi connectivity index (χ2n) is 7.16. The summed E-state index contributed by atoms with van der Waals surface area (Å²) in [5, 5.41) is 6.68. The van der Waals surface area contributed by atoms with Crippen LogP contribution >= 0.6 is 35.3 Å². The molecule has 1 unspecified atom stereocenters. The first kappa shape index (κ1) is 23.1. The number of likely N-dealkylation sites (tertiary alicyclic amines) is 1. The molecule has 2 heterocycles. The van der Waals surface area contributed by atoms with E-state index in [1.165, 1.54) is 24.9 Å². The Hall–Kier alpha value is -1.19. The van der Waals surface area contributed by atoms with Crippen LogP contribution in [0.2, 0.25) is 0 Å². The third kappa shape index (κ3) is 6.70. The minimum Gasteiger partial charge on any atom is -0.357 e. The van der Waals surface area contributed by atoms with Crippen LogP contribution in [0.15, 0.2) is 40.7 Å². The number of nitrogens with one attached hydrogen (secondary N) is 1. The second-order valence-corrected chi connectivity index (χ2v) is 8.22. The Morgan fingerprint density at radius 2 is 2.14 bits per heavy atom. The number of hydrogen-bond donors (Lipinski definition) is 1. The molecule has 1 atom stereocenters. The van der Waals surface area contributed by atoms with Gasteiger partial charge in [-0.15, -0.1) is 35.3 Å². The zero-order valence-electron chi connectivity index (χ0n) is 17.1. The van der Waals surface area contributed by atoms with Crippen molar-refractivity contribution in [2.45, 2.75) is 45.8 Å². The molecule has 0 bridgehead atoms. The summed E-state index contributed by atoms with van der Waals surface area (Å²) in [4.78, 5) is 14.3. The normalized spacial score (nSPS) is 17.4. The van der Waals surface area contributed by atoms with Gasteiger partial charge in [-0.1, -0.05) is 30.3 Å². The van der Waals surface area contributed by atoms with Gasteiger partial charge < -0.3 is 10.2 Å². The second kappa shape index (κ2) is 11.7. The highest BCUT2D eigenvalue weighted by atomic mass is 127. The lowest BCUT2D eigenvalue weighted by molar-refractivity contribution is 0.250. The molecule has 28 heavy (non-hydrogen) atoms. The fraction of sp³-hybridized carbons (Fsp3) is 0.524. The summed E-state index contributed by atoms with van der Waals surface area (Å²) in [6.45, 7) is 8.86.